The fraction of sp³-hybridized carbons (Fsp3) is 0.300. The SMILES string of the molecule is COc1cc(C(=O)OCC(=O)NCc2ccc3c(c2)OCO3)cc2c1OCCO2. The van der Waals surface area contributed by atoms with Gasteiger partial charge in [0.1, 0.15) is 13.2 Å². The van der Waals surface area contributed by atoms with E-state index >= 15 is 0 Å². The minimum Gasteiger partial charge on any atom is -0.493 e. The summed E-state index contributed by atoms with van der Waals surface area (Å²) in [5.41, 5.74) is 1.04. The Morgan fingerprint density at radius 1 is 1.00 bits per heavy atom. The molecule has 0 fully saturated rings. The maximum Gasteiger partial charge on any atom is 0.338 e. The molecule has 0 aromatic heterocycles. The van der Waals surface area contributed by atoms with Crippen LogP contribution >= 0.6 is 0 Å². The first kappa shape index (κ1) is 18.7. The molecule has 0 bridgehead atoms. The summed E-state index contributed by atoms with van der Waals surface area (Å²) in [6, 6.07) is 8.38. The molecule has 4 rings (SSSR count). The van der Waals surface area contributed by atoms with Crippen molar-refractivity contribution in [2.24, 2.45) is 0 Å². The van der Waals surface area contributed by atoms with Crippen molar-refractivity contribution in [1.82, 2.24) is 5.32 Å². The molecule has 2 aliphatic heterocycles. The highest BCUT2D eigenvalue weighted by atomic mass is 16.7. The standard InChI is InChI=1S/C20H19NO8/c1-24-16-7-13(8-17-19(16)26-5-4-25-17)20(23)27-10-18(22)21-9-12-2-3-14-15(6-12)29-11-28-14/h2-3,6-8H,4-5,9-11H2,1H3,(H,21,22). The van der Waals surface area contributed by atoms with Gasteiger partial charge in [0.15, 0.2) is 29.6 Å². The van der Waals surface area contributed by atoms with Crippen LogP contribution in [0, 0.1) is 0 Å². The van der Waals surface area contributed by atoms with E-state index < -0.39 is 18.5 Å². The zero-order valence-electron chi connectivity index (χ0n) is 15.7. The maximum atomic E-state index is 12.3. The van der Waals surface area contributed by atoms with E-state index in [-0.39, 0.29) is 18.9 Å². The Morgan fingerprint density at radius 3 is 2.69 bits per heavy atom. The monoisotopic (exact) mass is 401 g/mol. The number of carbonyl (C=O) groups is 2. The zero-order chi connectivity index (χ0) is 20.2. The summed E-state index contributed by atoms with van der Waals surface area (Å²) in [6.07, 6.45) is 0. The minimum atomic E-state index is -0.668. The minimum absolute atomic E-state index is 0.186. The molecule has 9 nitrogen and oxygen atoms in total. The number of hydrogen-bond acceptors (Lipinski definition) is 8. The van der Waals surface area contributed by atoms with Gasteiger partial charge < -0.3 is 33.7 Å². The van der Waals surface area contributed by atoms with E-state index in [9.17, 15) is 9.59 Å². The predicted molar refractivity (Wildman–Crippen MR) is 98.7 cm³/mol. The third-order valence-corrected chi connectivity index (χ3v) is 4.32. The summed E-state index contributed by atoms with van der Waals surface area (Å²) in [6.45, 7) is 0.810. The van der Waals surface area contributed by atoms with Gasteiger partial charge in [0.2, 0.25) is 12.5 Å². The van der Waals surface area contributed by atoms with Gasteiger partial charge in [0, 0.05) is 6.54 Å². The van der Waals surface area contributed by atoms with Crippen molar-refractivity contribution in [3.8, 4) is 28.7 Å². The van der Waals surface area contributed by atoms with Crippen molar-refractivity contribution < 1.29 is 38.0 Å². The lowest BCUT2D eigenvalue weighted by Gasteiger charge is -2.21. The molecule has 0 saturated carbocycles. The van der Waals surface area contributed by atoms with E-state index in [1.54, 1.807) is 12.1 Å². The summed E-state index contributed by atoms with van der Waals surface area (Å²) in [5, 5.41) is 2.69. The fourth-order valence-corrected chi connectivity index (χ4v) is 2.91. The number of methoxy groups -OCH3 is 1. The second kappa shape index (κ2) is 8.17. The topological polar surface area (TPSA) is 102 Å². The number of carbonyl (C=O) groups excluding carboxylic acids is 2. The van der Waals surface area contributed by atoms with Gasteiger partial charge in [-0.05, 0) is 29.8 Å². The molecule has 29 heavy (non-hydrogen) atoms. The Morgan fingerprint density at radius 2 is 1.83 bits per heavy atom. The molecule has 1 N–H and O–H groups in total. The Hall–Kier alpha value is -3.62. The summed E-state index contributed by atoms with van der Waals surface area (Å²) in [5.74, 6) is 1.41. The van der Waals surface area contributed by atoms with Gasteiger partial charge in [-0.2, -0.15) is 0 Å². The van der Waals surface area contributed by atoms with E-state index in [0.717, 1.165) is 5.56 Å². The molecule has 0 saturated heterocycles. The van der Waals surface area contributed by atoms with Crippen LogP contribution in [-0.2, 0) is 16.1 Å². The largest absolute Gasteiger partial charge is 0.493 e. The molecular formula is C20H19NO8. The first-order valence-corrected chi connectivity index (χ1v) is 8.94. The Balaban J connectivity index is 1.31. The molecule has 0 aliphatic carbocycles. The Kier molecular flexibility index (Phi) is 5.28. The molecule has 2 aromatic rings. The Labute approximate surface area is 166 Å². The van der Waals surface area contributed by atoms with Crippen LogP contribution in [0.4, 0.5) is 0 Å². The predicted octanol–water partition coefficient (Wildman–Crippen LogP) is 1.67. The number of benzene rings is 2. The van der Waals surface area contributed by atoms with Crippen molar-refractivity contribution >= 4 is 11.9 Å². The molecule has 1 amide bonds. The fourth-order valence-electron chi connectivity index (χ4n) is 2.91. The van der Waals surface area contributed by atoms with Gasteiger partial charge in [-0.15, -0.1) is 0 Å². The van der Waals surface area contributed by atoms with Crippen LogP contribution in [-0.4, -0.2) is 45.6 Å². The number of hydrogen-bond donors (Lipinski definition) is 1. The van der Waals surface area contributed by atoms with Gasteiger partial charge in [-0.1, -0.05) is 6.07 Å². The number of esters is 1. The molecule has 9 heteroatoms. The zero-order valence-corrected chi connectivity index (χ0v) is 15.7. The molecule has 0 atom stereocenters. The van der Waals surface area contributed by atoms with Gasteiger partial charge >= 0.3 is 5.97 Å². The molecule has 152 valence electrons. The van der Waals surface area contributed by atoms with Crippen molar-refractivity contribution in [3.63, 3.8) is 0 Å². The number of rotatable bonds is 6. The van der Waals surface area contributed by atoms with Crippen LogP contribution in [0.15, 0.2) is 30.3 Å². The summed E-state index contributed by atoms with van der Waals surface area (Å²) < 4.78 is 31.9. The van der Waals surface area contributed by atoms with E-state index in [1.165, 1.54) is 19.2 Å². The first-order chi connectivity index (χ1) is 14.1. The average Bonchev–Trinajstić information content (AvgIpc) is 3.23. The molecule has 0 radical (unpaired) electrons. The summed E-state index contributed by atoms with van der Waals surface area (Å²) >= 11 is 0. The number of fused-ring (bicyclic) bond motifs is 2. The van der Waals surface area contributed by atoms with Crippen molar-refractivity contribution in [3.05, 3.63) is 41.5 Å². The molecule has 2 heterocycles. The highest BCUT2D eigenvalue weighted by molar-refractivity contribution is 5.92. The normalized spacial score (nSPS) is 13.6. The van der Waals surface area contributed by atoms with Gasteiger partial charge in [0.05, 0.1) is 12.7 Å². The van der Waals surface area contributed by atoms with Crippen molar-refractivity contribution in [2.45, 2.75) is 6.54 Å². The average molecular weight is 401 g/mol. The van der Waals surface area contributed by atoms with Crippen LogP contribution in [0.5, 0.6) is 28.7 Å². The molecule has 0 unspecified atom stereocenters. The van der Waals surface area contributed by atoms with Crippen LogP contribution in [0.25, 0.3) is 0 Å². The van der Waals surface area contributed by atoms with Crippen molar-refractivity contribution in [1.29, 1.82) is 0 Å². The van der Waals surface area contributed by atoms with E-state index in [1.807, 2.05) is 6.07 Å². The molecule has 2 aromatic carbocycles. The number of amides is 1. The quantitative estimate of drug-likeness (QED) is 0.730. The second-order valence-electron chi connectivity index (χ2n) is 6.24. The third-order valence-electron chi connectivity index (χ3n) is 4.32. The van der Waals surface area contributed by atoms with Crippen LogP contribution in [0.3, 0.4) is 0 Å². The second-order valence-corrected chi connectivity index (χ2v) is 6.24. The molecular weight excluding hydrogens is 382 g/mol. The van der Waals surface area contributed by atoms with E-state index in [2.05, 4.69) is 5.32 Å². The van der Waals surface area contributed by atoms with E-state index in [4.69, 9.17) is 28.4 Å². The van der Waals surface area contributed by atoms with Gasteiger partial charge in [0.25, 0.3) is 5.91 Å². The third kappa shape index (κ3) is 4.13. The number of ether oxygens (including phenoxy) is 6. The van der Waals surface area contributed by atoms with Gasteiger partial charge in [-0.3, -0.25) is 4.79 Å². The highest BCUT2D eigenvalue weighted by Gasteiger charge is 2.22. The maximum absolute atomic E-state index is 12.3. The summed E-state index contributed by atoms with van der Waals surface area (Å²) in [7, 11) is 1.46. The smallest absolute Gasteiger partial charge is 0.338 e. The van der Waals surface area contributed by atoms with Crippen LogP contribution in [0.1, 0.15) is 15.9 Å². The highest BCUT2D eigenvalue weighted by Crippen LogP contribution is 2.40. The van der Waals surface area contributed by atoms with E-state index in [0.29, 0.717) is 42.0 Å². The van der Waals surface area contributed by atoms with Crippen LogP contribution < -0.4 is 29.0 Å². The van der Waals surface area contributed by atoms with Crippen molar-refractivity contribution in [2.75, 3.05) is 33.7 Å². The number of nitrogens with one attached hydrogen (secondary N) is 1. The lowest BCUT2D eigenvalue weighted by Crippen LogP contribution is -2.28. The molecule has 0 spiro atoms. The summed E-state index contributed by atoms with van der Waals surface area (Å²) in [4.78, 5) is 24.3. The first-order valence-electron chi connectivity index (χ1n) is 8.94. The Bertz CT molecular complexity index is 925. The van der Waals surface area contributed by atoms with Gasteiger partial charge in [-0.25, -0.2) is 4.79 Å². The lowest BCUT2D eigenvalue weighted by atomic mass is 10.1. The lowest BCUT2D eigenvalue weighted by molar-refractivity contribution is -0.124. The van der Waals surface area contributed by atoms with Crippen LogP contribution in [0.2, 0.25) is 0 Å². The molecule has 2 aliphatic rings.